The van der Waals surface area contributed by atoms with Crippen molar-refractivity contribution in [3.63, 3.8) is 0 Å². The number of para-hydroxylation sites is 2. The van der Waals surface area contributed by atoms with Gasteiger partial charge >= 0.3 is 0 Å². The van der Waals surface area contributed by atoms with Crippen LogP contribution >= 0.6 is 0 Å². The third kappa shape index (κ3) is 3.44. The first-order valence-corrected chi connectivity index (χ1v) is 6.65. The van der Waals surface area contributed by atoms with Gasteiger partial charge in [0.1, 0.15) is 11.5 Å². The number of hydrogen-bond donors (Lipinski definition) is 0. The van der Waals surface area contributed by atoms with Crippen LogP contribution in [0, 0.1) is 0 Å². The summed E-state index contributed by atoms with van der Waals surface area (Å²) in [4.78, 5) is 11.0. The van der Waals surface area contributed by atoms with Crippen molar-refractivity contribution in [2.75, 3.05) is 0 Å². The van der Waals surface area contributed by atoms with Crippen LogP contribution in [0.3, 0.4) is 0 Å². The summed E-state index contributed by atoms with van der Waals surface area (Å²) in [5.74, 6) is 1.45. The lowest BCUT2D eigenvalue weighted by molar-refractivity contribution is 0.112. The molecule has 0 radical (unpaired) electrons. The number of ether oxygens (including phenoxy) is 1. The average molecular weight is 254 g/mol. The maximum Gasteiger partial charge on any atom is 0.153 e. The second kappa shape index (κ2) is 6.74. The molecule has 0 heterocycles. The van der Waals surface area contributed by atoms with Crippen LogP contribution in [-0.2, 0) is 6.42 Å². The van der Waals surface area contributed by atoms with Crippen molar-refractivity contribution in [1.82, 2.24) is 0 Å². The van der Waals surface area contributed by atoms with Crippen molar-refractivity contribution in [2.24, 2.45) is 0 Å². The number of benzene rings is 2. The first kappa shape index (κ1) is 13.3. The molecule has 0 aliphatic carbocycles. The van der Waals surface area contributed by atoms with E-state index in [0.717, 1.165) is 31.3 Å². The third-order valence-electron chi connectivity index (χ3n) is 3.04. The molecule has 0 bridgehead atoms. The number of carbonyl (C=O) groups excluding carboxylic acids is 1. The molecule has 0 aliphatic rings. The van der Waals surface area contributed by atoms with Gasteiger partial charge in [0, 0.05) is 0 Å². The normalized spacial score (nSPS) is 10.2. The van der Waals surface area contributed by atoms with Crippen molar-refractivity contribution in [3.8, 4) is 11.5 Å². The fourth-order valence-electron chi connectivity index (χ4n) is 1.97. The zero-order chi connectivity index (χ0) is 13.5. The summed E-state index contributed by atoms with van der Waals surface area (Å²) in [6.45, 7) is 2.17. The van der Waals surface area contributed by atoms with Crippen molar-refractivity contribution in [2.45, 2.75) is 26.2 Å². The second-order valence-corrected chi connectivity index (χ2v) is 4.47. The molecule has 98 valence electrons. The number of carbonyl (C=O) groups is 1. The van der Waals surface area contributed by atoms with Gasteiger partial charge in [-0.1, -0.05) is 43.7 Å². The molecule has 2 rings (SSSR count). The minimum absolute atomic E-state index is 0.577. The molecule has 0 atom stereocenters. The molecular formula is C17H18O2. The largest absolute Gasteiger partial charge is 0.456 e. The molecular weight excluding hydrogens is 236 g/mol. The second-order valence-electron chi connectivity index (χ2n) is 4.47. The summed E-state index contributed by atoms with van der Waals surface area (Å²) in [7, 11) is 0. The minimum atomic E-state index is 0.577. The quantitative estimate of drug-likeness (QED) is 0.702. The van der Waals surface area contributed by atoms with Gasteiger partial charge in [0.25, 0.3) is 0 Å². The van der Waals surface area contributed by atoms with Gasteiger partial charge in [-0.3, -0.25) is 4.79 Å². The predicted molar refractivity (Wildman–Crippen MR) is 77.0 cm³/mol. The Kier molecular flexibility index (Phi) is 4.73. The van der Waals surface area contributed by atoms with Gasteiger partial charge in [0.2, 0.25) is 0 Å². The van der Waals surface area contributed by atoms with Gasteiger partial charge in [-0.25, -0.2) is 0 Å². The molecule has 19 heavy (non-hydrogen) atoms. The Labute approximate surface area is 114 Å². The highest BCUT2D eigenvalue weighted by Gasteiger charge is 2.07. The Morgan fingerprint density at radius 1 is 1.00 bits per heavy atom. The van der Waals surface area contributed by atoms with E-state index in [-0.39, 0.29) is 0 Å². The maximum atomic E-state index is 11.0. The van der Waals surface area contributed by atoms with Gasteiger partial charge in [-0.2, -0.15) is 0 Å². The molecule has 0 unspecified atom stereocenters. The molecule has 2 nitrogen and oxygen atoms in total. The fourth-order valence-corrected chi connectivity index (χ4v) is 1.97. The molecule has 2 heteroatoms. The highest BCUT2D eigenvalue weighted by molar-refractivity contribution is 5.79. The zero-order valence-electron chi connectivity index (χ0n) is 11.1. The first-order chi connectivity index (χ1) is 9.35. The topological polar surface area (TPSA) is 26.3 Å². The van der Waals surface area contributed by atoms with Crippen LogP contribution in [0.15, 0.2) is 48.5 Å². The van der Waals surface area contributed by atoms with Gasteiger partial charge in [-0.15, -0.1) is 0 Å². The SMILES string of the molecule is CCCCc1ccccc1Oc1ccccc1C=O. The highest BCUT2D eigenvalue weighted by atomic mass is 16.5. The number of rotatable bonds is 6. The molecule has 2 aromatic carbocycles. The maximum absolute atomic E-state index is 11.0. The van der Waals surface area contributed by atoms with Crippen molar-refractivity contribution in [3.05, 3.63) is 59.7 Å². The Bertz CT molecular complexity index is 546. The summed E-state index contributed by atoms with van der Waals surface area (Å²) < 4.78 is 5.90. The Hall–Kier alpha value is -2.09. The van der Waals surface area contributed by atoms with Crippen LogP contribution in [0.25, 0.3) is 0 Å². The molecule has 0 spiro atoms. The van der Waals surface area contributed by atoms with E-state index in [2.05, 4.69) is 13.0 Å². The van der Waals surface area contributed by atoms with Crippen molar-refractivity contribution >= 4 is 6.29 Å². The lowest BCUT2D eigenvalue weighted by atomic mass is 10.1. The summed E-state index contributed by atoms with van der Waals surface area (Å²) in [5.41, 5.74) is 1.76. The zero-order valence-corrected chi connectivity index (χ0v) is 11.1. The molecule has 0 saturated heterocycles. The van der Waals surface area contributed by atoms with E-state index in [1.807, 2.05) is 36.4 Å². The number of aryl methyl sites for hydroxylation is 1. The van der Waals surface area contributed by atoms with Crippen LogP contribution in [0.4, 0.5) is 0 Å². The van der Waals surface area contributed by atoms with E-state index in [9.17, 15) is 4.79 Å². The third-order valence-corrected chi connectivity index (χ3v) is 3.04. The summed E-state index contributed by atoms with van der Waals surface area (Å²) in [6, 6.07) is 15.3. The smallest absolute Gasteiger partial charge is 0.153 e. The molecule has 0 aromatic heterocycles. The molecule has 0 saturated carbocycles. The van der Waals surface area contributed by atoms with Gasteiger partial charge in [0.05, 0.1) is 5.56 Å². The molecule has 0 aliphatic heterocycles. The molecule has 0 fully saturated rings. The highest BCUT2D eigenvalue weighted by Crippen LogP contribution is 2.28. The van der Waals surface area contributed by atoms with Gasteiger partial charge in [0.15, 0.2) is 6.29 Å². The van der Waals surface area contributed by atoms with E-state index < -0.39 is 0 Å². The van der Waals surface area contributed by atoms with Gasteiger partial charge in [-0.05, 0) is 36.6 Å². The van der Waals surface area contributed by atoms with Crippen molar-refractivity contribution in [1.29, 1.82) is 0 Å². The van der Waals surface area contributed by atoms with Crippen LogP contribution in [0.5, 0.6) is 11.5 Å². The summed E-state index contributed by atoms with van der Waals surface area (Å²) in [6.07, 6.45) is 4.11. The Morgan fingerprint density at radius 3 is 2.42 bits per heavy atom. The summed E-state index contributed by atoms with van der Waals surface area (Å²) in [5, 5.41) is 0. The van der Waals surface area contributed by atoms with E-state index >= 15 is 0 Å². The fraction of sp³-hybridized carbons (Fsp3) is 0.235. The first-order valence-electron chi connectivity index (χ1n) is 6.65. The van der Waals surface area contributed by atoms with E-state index in [4.69, 9.17) is 4.74 Å². The Balaban J connectivity index is 2.25. The van der Waals surface area contributed by atoms with E-state index in [1.54, 1.807) is 6.07 Å². The average Bonchev–Trinajstić information content (AvgIpc) is 2.47. The van der Waals surface area contributed by atoms with Crippen LogP contribution in [0.2, 0.25) is 0 Å². The van der Waals surface area contributed by atoms with E-state index in [1.165, 1.54) is 5.56 Å². The number of hydrogen-bond acceptors (Lipinski definition) is 2. The Morgan fingerprint density at radius 2 is 1.68 bits per heavy atom. The lowest BCUT2D eigenvalue weighted by Gasteiger charge is -2.12. The van der Waals surface area contributed by atoms with Crippen LogP contribution < -0.4 is 4.74 Å². The monoisotopic (exact) mass is 254 g/mol. The predicted octanol–water partition coefficient (Wildman–Crippen LogP) is 4.63. The van der Waals surface area contributed by atoms with Crippen LogP contribution in [-0.4, -0.2) is 6.29 Å². The molecule has 2 aromatic rings. The molecule has 0 amide bonds. The lowest BCUT2D eigenvalue weighted by Crippen LogP contribution is -1.94. The van der Waals surface area contributed by atoms with Crippen LogP contribution in [0.1, 0.15) is 35.7 Å². The number of aldehydes is 1. The van der Waals surface area contributed by atoms with E-state index in [0.29, 0.717) is 11.3 Å². The molecule has 0 N–H and O–H groups in total. The number of unbranched alkanes of at least 4 members (excludes halogenated alkanes) is 1. The summed E-state index contributed by atoms with van der Waals surface area (Å²) >= 11 is 0. The standard InChI is InChI=1S/C17H18O2/c1-2-3-8-14-9-4-6-11-16(14)19-17-12-7-5-10-15(17)13-18/h4-7,9-13H,2-3,8H2,1H3. The minimum Gasteiger partial charge on any atom is -0.456 e. The van der Waals surface area contributed by atoms with Gasteiger partial charge < -0.3 is 4.74 Å². The van der Waals surface area contributed by atoms with Crippen molar-refractivity contribution < 1.29 is 9.53 Å².